The monoisotopic (exact) mass is 256 g/mol. The molecule has 0 aromatic carbocycles. The molecular formula is C6H8O9S. The van der Waals surface area contributed by atoms with Gasteiger partial charge in [-0.05, 0) is 6.08 Å². The van der Waals surface area contributed by atoms with Gasteiger partial charge in [-0.15, -0.1) is 0 Å². The molecule has 0 aromatic rings. The lowest BCUT2D eigenvalue weighted by atomic mass is 10.1. The van der Waals surface area contributed by atoms with E-state index in [-0.39, 0.29) is 0 Å². The van der Waals surface area contributed by atoms with Gasteiger partial charge in [0.25, 0.3) is 0 Å². The Balaban J connectivity index is 2.88. The van der Waals surface area contributed by atoms with Crippen molar-refractivity contribution in [1.82, 2.24) is 0 Å². The molecule has 1 aliphatic heterocycles. The van der Waals surface area contributed by atoms with Gasteiger partial charge in [-0.1, -0.05) is 0 Å². The number of carboxylic acids is 1. The average molecular weight is 256 g/mol. The molecule has 0 radical (unpaired) electrons. The number of carbonyl (C=O) groups is 1. The molecule has 1 rings (SSSR count). The zero-order valence-electron chi connectivity index (χ0n) is 7.55. The molecule has 0 fully saturated rings. The van der Waals surface area contributed by atoms with Crippen molar-refractivity contribution in [3.63, 3.8) is 0 Å². The zero-order chi connectivity index (χ0) is 12.5. The first-order valence-corrected chi connectivity index (χ1v) is 5.21. The maximum absolute atomic E-state index is 10.4. The van der Waals surface area contributed by atoms with E-state index in [2.05, 4.69) is 8.92 Å². The highest BCUT2D eigenvalue weighted by molar-refractivity contribution is 7.80. The molecule has 0 spiro atoms. The largest absolute Gasteiger partial charge is 0.475 e. The van der Waals surface area contributed by atoms with Gasteiger partial charge in [0, 0.05) is 0 Å². The molecule has 4 N–H and O–H groups in total. The van der Waals surface area contributed by atoms with Crippen molar-refractivity contribution in [3.05, 3.63) is 11.8 Å². The highest BCUT2D eigenvalue weighted by Crippen LogP contribution is 2.20. The summed E-state index contributed by atoms with van der Waals surface area (Å²) in [6.45, 7) is 0. The third-order valence-corrected chi connectivity index (χ3v) is 2.10. The van der Waals surface area contributed by atoms with Crippen molar-refractivity contribution in [3.8, 4) is 0 Å². The number of rotatable bonds is 3. The van der Waals surface area contributed by atoms with Crippen LogP contribution in [0.15, 0.2) is 11.8 Å². The smallest absolute Gasteiger partial charge is 0.397 e. The molecule has 92 valence electrons. The molecule has 16 heavy (non-hydrogen) atoms. The van der Waals surface area contributed by atoms with Crippen molar-refractivity contribution in [1.29, 1.82) is 0 Å². The molecular weight excluding hydrogens is 248 g/mol. The fraction of sp³-hybridized carbons (Fsp3) is 0.500. The molecule has 0 saturated heterocycles. The second-order valence-electron chi connectivity index (χ2n) is 2.82. The normalized spacial score (nSPS) is 30.4. The molecule has 10 heteroatoms. The maximum Gasteiger partial charge on any atom is 0.397 e. The lowest BCUT2D eigenvalue weighted by Gasteiger charge is -2.28. The predicted molar refractivity (Wildman–Crippen MR) is 45.2 cm³/mol. The fourth-order valence-electron chi connectivity index (χ4n) is 1.02. The van der Waals surface area contributed by atoms with Crippen LogP contribution in [0.1, 0.15) is 0 Å². The number of ether oxygens (including phenoxy) is 1. The van der Waals surface area contributed by atoms with Gasteiger partial charge in [-0.2, -0.15) is 8.42 Å². The Kier molecular flexibility index (Phi) is 3.50. The number of hydrogen-bond acceptors (Lipinski definition) is 7. The molecule has 0 saturated carbocycles. The van der Waals surface area contributed by atoms with Gasteiger partial charge < -0.3 is 20.1 Å². The van der Waals surface area contributed by atoms with Gasteiger partial charge in [0.2, 0.25) is 12.0 Å². The van der Waals surface area contributed by atoms with Gasteiger partial charge in [0.1, 0.15) is 6.10 Å². The predicted octanol–water partition coefficient (Wildman–Crippen LogP) is -2.15. The minimum Gasteiger partial charge on any atom is -0.475 e. The van der Waals surface area contributed by atoms with Crippen LogP contribution < -0.4 is 0 Å². The molecule has 0 amide bonds. The number of aliphatic hydroxyl groups is 2. The Morgan fingerprint density at radius 3 is 2.38 bits per heavy atom. The summed E-state index contributed by atoms with van der Waals surface area (Å²) in [5, 5.41) is 26.8. The van der Waals surface area contributed by atoms with E-state index < -0.39 is 40.6 Å². The van der Waals surface area contributed by atoms with Gasteiger partial charge in [-0.3, -0.25) is 4.55 Å². The van der Waals surface area contributed by atoms with Crippen LogP contribution in [0.4, 0.5) is 0 Å². The zero-order valence-corrected chi connectivity index (χ0v) is 8.36. The van der Waals surface area contributed by atoms with Gasteiger partial charge in [-0.25, -0.2) is 8.98 Å². The molecule has 0 aromatic heterocycles. The Bertz CT molecular complexity index is 410. The Morgan fingerprint density at radius 1 is 1.44 bits per heavy atom. The summed E-state index contributed by atoms with van der Waals surface area (Å²) >= 11 is 0. The van der Waals surface area contributed by atoms with Crippen molar-refractivity contribution in [2.24, 2.45) is 0 Å². The first-order valence-electron chi connectivity index (χ1n) is 3.84. The molecule has 1 heterocycles. The SMILES string of the molecule is O=C(O)C1=C[C@@H](O)[C@@H](OS(=O)(=O)O)[C@H](O)O1. The van der Waals surface area contributed by atoms with E-state index in [1.165, 1.54) is 0 Å². The minimum absolute atomic E-state index is 0.630. The third-order valence-electron chi connectivity index (χ3n) is 1.63. The van der Waals surface area contributed by atoms with Crippen LogP contribution in [0.5, 0.6) is 0 Å². The van der Waals surface area contributed by atoms with E-state index >= 15 is 0 Å². The van der Waals surface area contributed by atoms with Gasteiger partial charge in [0.15, 0.2) is 6.10 Å². The fourth-order valence-corrected chi connectivity index (χ4v) is 1.51. The van der Waals surface area contributed by atoms with E-state index in [1.807, 2.05) is 0 Å². The number of aliphatic hydroxyl groups excluding tert-OH is 2. The standard InChI is InChI=1S/C6H8O9S/c7-2-1-3(5(8)9)14-6(10)4(2)15-16(11,12)13/h1-2,4,6-7,10H,(H,8,9)(H,11,12,13)/t2-,4-,6-/m1/s1. The number of aliphatic carboxylic acids is 1. The van der Waals surface area contributed by atoms with Gasteiger partial charge in [0.05, 0.1) is 0 Å². The molecule has 0 aliphatic carbocycles. The Morgan fingerprint density at radius 2 is 2.00 bits per heavy atom. The minimum atomic E-state index is -4.90. The van der Waals surface area contributed by atoms with E-state index in [0.29, 0.717) is 6.08 Å². The lowest BCUT2D eigenvalue weighted by Crippen LogP contribution is -2.45. The van der Waals surface area contributed by atoms with Crippen molar-refractivity contribution in [2.45, 2.75) is 18.5 Å². The van der Waals surface area contributed by atoms with Crippen LogP contribution in [0.2, 0.25) is 0 Å². The van der Waals surface area contributed by atoms with E-state index in [4.69, 9.17) is 14.8 Å². The van der Waals surface area contributed by atoms with Crippen LogP contribution >= 0.6 is 0 Å². The van der Waals surface area contributed by atoms with Crippen molar-refractivity contribution >= 4 is 16.4 Å². The van der Waals surface area contributed by atoms with Crippen LogP contribution in [-0.2, 0) is 24.1 Å². The summed E-state index contributed by atoms with van der Waals surface area (Å²) in [6.07, 6.45) is -4.99. The van der Waals surface area contributed by atoms with Crippen molar-refractivity contribution in [2.75, 3.05) is 0 Å². The third kappa shape index (κ3) is 3.15. The Labute approximate surface area is 89.5 Å². The number of hydrogen-bond donors (Lipinski definition) is 4. The Hall–Kier alpha value is -1.20. The second-order valence-corrected chi connectivity index (χ2v) is 3.87. The summed E-state index contributed by atoms with van der Waals surface area (Å²) in [4.78, 5) is 10.4. The highest BCUT2D eigenvalue weighted by atomic mass is 32.3. The summed E-state index contributed by atoms with van der Waals surface area (Å²) in [6, 6.07) is 0. The second kappa shape index (κ2) is 4.35. The summed E-state index contributed by atoms with van der Waals surface area (Å²) in [7, 11) is -4.90. The summed E-state index contributed by atoms with van der Waals surface area (Å²) in [5.74, 6) is -2.31. The molecule has 9 nitrogen and oxygen atoms in total. The van der Waals surface area contributed by atoms with Crippen LogP contribution in [0.3, 0.4) is 0 Å². The van der Waals surface area contributed by atoms with E-state index in [0.717, 1.165) is 0 Å². The van der Waals surface area contributed by atoms with E-state index in [1.54, 1.807) is 0 Å². The number of carboxylic acid groups (broad SMARTS) is 1. The van der Waals surface area contributed by atoms with Crippen LogP contribution in [-0.4, -0.2) is 52.8 Å². The molecule has 0 bridgehead atoms. The average Bonchev–Trinajstić information content (AvgIpc) is 2.09. The van der Waals surface area contributed by atoms with E-state index in [9.17, 15) is 18.3 Å². The van der Waals surface area contributed by atoms with Crippen LogP contribution in [0, 0.1) is 0 Å². The molecule has 0 unspecified atom stereocenters. The highest BCUT2D eigenvalue weighted by Gasteiger charge is 2.38. The summed E-state index contributed by atoms with van der Waals surface area (Å²) < 4.78 is 37.2. The topological polar surface area (TPSA) is 151 Å². The van der Waals surface area contributed by atoms with Crippen LogP contribution in [0.25, 0.3) is 0 Å². The molecule has 1 aliphatic rings. The van der Waals surface area contributed by atoms with Gasteiger partial charge >= 0.3 is 16.4 Å². The quantitative estimate of drug-likeness (QED) is 0.414. The summed E-state index contributed by atoms with van der Waals surface area (Å²) in [5.41, 5.74) is 0. The first kappa shape index (κ1) is 12.9. The van der Waals surface area contributed by atoms with Crippen molar-refractivity contribution < 1.29 is 42.0 Å². The first-order chi connectivity index (χ1) is 7.20. The molecule has 3 atom stereocenters. The maximum atomic E-state index is 10.4. The lowest BCUT2D eigenvalue weighted by molar-refractivity contribution is -0.176.